The number of anilines is 1. The van der Waals surface area contributed by atoms with Gasteiger partial charge < -0.3 is 14.8 Å². The SMILES string of the molecule is CCOc1ccc(NC(=O)C23CC4CC(CC(Cl)(C4)C2)C3)cc1OC. The van der Waals surface area contributed by atoms with Gasteiger partial charge >= 0.3 is 0 Å². The number of methoxy groups -OCH3 is 1. The van der Waals surface area contributed by atoms with Crippen molar-refractivity contribution in [3.63, 3.8) is 0 Å². The number of ether oxygens (including phenoxy) is 2. The second-order valence-electron chi connectivity index (χ2n) is 8.15. The van der Waals surface area contributed by atoms with Crippen molar-refractivity contribution in [1.29, 1.82) is 0 Å². The van der Waals surface area contributed by atoms with Crippen LogP contribution in [0.2, 0.25) is 0 Å². The molecule has 4 aliphatic rings. The van der Waals surface area contributed by atoms with Crippen LogP contribution in [0.4, 0.5) is 5.69 Å². The number of amides is 1. The molecule has 2 atom stereocenters. The van der Waals surface area contributed by atoms with Gasteiger partial charge in [-0.2, -0.15) is 0 Å². The molecular formula is C20H26ClNO3. The van der Waals surface area contributed by atoms with Crippen LogP contribution in [0.5, 0.6) is 11.5 Å². The van der Waals surface area contributed by atoms with Crippen LogP contribution < -0.4 is 14.8 Å². The minimum Gasteiger partial charge on any atom is -0.493 e. The predicted octanol–water partition coefficient (Wildman–Crippen LogP) is 4.61. The van der Waals surface area contributed by atoms with E-state index >= 15 is 0 Å². The largest absolute Gasteiger partial charge is 0.493 e. The van der Waals surface area contributed by atoms with Gasteiger partial charge in [-0.15, -0.1) is 11.6 Å². The molecule has 4 aliphatic carbocycles. The van der Waals surface area contributed by atoms with E-state index in [1.54, 1.807) is 7.11 Å². The van der Waals surface area contributed by atoms with Crippen molar-refractivity contribution < 1.29 is 14.3 Å². The number of carbonyl (C=O) groups excluding carboxylic acids is 1. The van der Waals surface area contributed by atoms with Gasteiger partial charge in [-0.3, -0.25) is 4.79 Å². The monoisotopic (exact) mass is 363 g/mol. The van der Waals surface area contributed by atoms with Gasteiger partial charge in [0.05, 0.1) is 19.1 Å². The number of hydrogen-bond donors (Lipinski definition) is 1. The highest BCUT2D eigenvalue weighted by Crippen LogP contribution is 2.64. The molecule has 0 aliphatic heterocycles. The minimum atomic E-state index is -0.294. The van der Waals surface area contributed by atoms with Crippen molar-refractivity contribution in [2.75, 3.05) is 19.0 Å². The van der Waals surface area contributed by atoms with Crippen LogP contribution in [-0.4, -0.2) is 24.5 Å². The second kappa shape index (κ2) is 6.08. The average molecular weight is 364 g/mol. The molecule has 1 N–H and O–H groups in total. The Morgan fingerprint density at radius 2 is 1.96 bits per heavy atom. The van der Waals surface area contributed by atoms with Crippen molar-refractivity contribution >= 4 is 23.2 Å². The fourth-order valence-electron chi connectivity index (χ4n) is 5.70. The standard InChI is InChI=1S/C20H26ClNO3/c1-3-25-16-5-4-15(7-17(16)24-2)22-18(23)19-8-13-6-14(9-19)11-20(21,10-13)12-19/h4-5,7,13-14H,3,6,8-12H2,1-2H3,(H,22,23). The maximum Gasteiger partial charge on any atom is 0.230 e. The molecule has 0 heterocycles. The molecule has 0 saturated heterocycles. The lowest BCUT2D eigenvalue weighted by atomic mass is 9.49. The summed E-state index contributed by atoms with van der Waals surface area (Å²) in [5.41, 5.74) is 0.460. The van der Waals surface area contributed by atoms with E-state index in [0.717, 1.165) is 37.8 Å². The summed E-state index contributed by atoms with van der Waals surface area (Å²) in [6.45, 7) is 2.51. The van der Waals surface area contributed by atoms with Crippen LogP contribution in [-0.2, 0) is 4.79 Å². The van der Waals surface area contributed by atoms with Gasteiger partial charge in [-0.05, 0) is 69.4 Å². The van der Waals surface area contributed by atoms with Crippen molar-refractivity contribution in [1.82, 2.24) is 0 Å². The number of halogens is 1. The molecule has 5 heteroatoms. The van der Waals surface area contributed by atoms with E-state index in [9.17, 15) is 4.79 Å². The fourth-order valence-corrected chi connectivity index (χ4v) is 6.39. The highest BCUT2D eigenvalue weighted by atomic mass is 35.5. The van der Waals surface area contributed by atoms with Gasteiger partial charge in [-0.1, -0.05) is 0 Å². The Morgan fingerprint density at radius 1 is 1.24 bits per heavy atom. The van der Waals surface area contributed by atoms with Gasteiger partial charge in [0.25, 0.3) is 0 Å². The molecule has 0 aromatic heterocycles. The van der Waals surface area contributed by atoms with Gasteiger partial charge in [0, 0.05) is 16.6 Å². The molecule has 4 bridgehead atoms. The Bertz CT molecular complexity index is 676. The van der Waals surface area contributed by atoms with Crippen LogP contribution in [0.1, 0.15) is 45.4 Å². The molecule has 136 valence electrons. The van der Waals surface area contributed by atoms with Crippen LogP contribution in [0.3, 0.4) is 0 Å². The number of hydrogen-bond acceptors (Lipinski definition) is 3. The smallest absolute Gasteiger partial charge is 0.230 e. The van der Waals surface area contributed by atoms with E-state index in [1.165, 1.54) is 6.42 Å². The van der Waals surface area contributed by atoms with Crippen LogP contribution in [0, 0.1) is 17.3 Å². The first-order chi connectivity index (χ1) is 12.0. The van der Waals surface area contributed by atoms with Gasteiger partial charge in [0.1, 0.15) is 0 Å². The summed E-state index contributed by atoms with van der Waals surface area (Å²) in [6, 6.07) is 5.56. The minimum absolute atomic E-state index is 0.123. The van der Waals surface area contributed by atoms with E-state index in [4.69, 9.17) is 21.1 Å². The molecule has 1 aromatic rings. The molecule has 4 saturated carbocycles. The van der Waals surface area contributed by atoms with Gasteiger partial charge in [-0.25, -0.2) is 0 Å². The number of nitrogens with one attached hydrogen (secondary N) is 1. The van der Waals surface area contributed by atoms with E-state index in [-0.39, 0.29) is 16.2 Å². The Balaban J connectivity index is 1.54. The molecule has 1 aromatic carbocycles. The first kappa shape index (κ1) is 17.0. The number of alkyl halides is 1. The summed E-state index contributed by atoms with van der Waals surface area (Å²) >= 11 is 6.85. The molecule has 4 fully saturated rings. The van der Waals surface area contributed by atoms with Crippen molar-refractivity contribution in [3.05, 3.63) is 18.2 Å². The van der Waals surface area contributed by atoms with Gasteiger partial charge in [0.2, 0.25) is 5.91 Å². The van der Waals surface area contributed by atoms with E-state index in [1.807, 2.05) is 25.1 Å². The van der Waals surface area contributed by atoms with E-state index < -0.39 is 0 Å². The number of carbonyl (C=O) groups is 1. The summed E-state index contributed by atoms with van der Waals surface area (Å²) in [7, 11) is 1.61. The lowest BCUT2D eigenvalue weighted by molar-refractivity contribution is -0.138. The summed E-state index contributed by atoms with van der Waals surface area (Å²) in [4.78, 5) is 13.0. The second-order valence-corrected chi connectivity index (χ2v) is 8.95. The number of benzene rings is 1. The Labute approximate surface area is 154 Å². The normalized spacial score (nSPS) is 35.5. The van der Waals surface area contributed by atoms with Crippen molar-refractivity contribution in [2.45, 2.75) is 50.3 Å². The Morgan fingerprint density at radius 3 is 2.56 bits per heavy atom. The maximum absolute atomic E-state index is 13.2. The summed E-state index contributed by atoms with van der Waals surface area (Å²) in [5, 5.41) is 3.13. The highest BCUT2D eigenvalue weighted by Gasteiger charge is 2.60. The summed E-state index contributed by atoms with van der Waals surface area (Å²) in [5.74, 6) is 2.67. The Hall–Kier alpha value is -1.42. The molecule has 5 rings (SSSR count). The molecule has 4 nitrogen and oxygen atoms in total. The first-order valence-electron chi connectivity index (χ1n) is 9.26. The predicted molar refractivity (Wildman–Crippen MR) is 98.5 cm³/mol. The quantitative estimate of drug-likeness (QED) is 0.777. The van der Waals surface area contributed by atoms with E-state index in [0.29, 0.717) is 29.9 Å². The maximum atomic E-state index is 13.2. The third-order valence-corrected chi connectivity index (χ3v) is 6.63. The lowest BCUT2D eigenvalue weighted by Gasteiger charge is -2.59. The topological polar surface area (TPSA) is 47.6 Å². The van der Waals surface area contributed by atoms with Gasteiger partial charge in [0.15, 0.2) is 11.5 Å². The van der Waals surface area contributed by atoms with Crippen LogP contribution in [0.25, 0.3) is 0 Å². The highest BCUT2D eigenvalue weighted by molar-refractivity contribution is 6.24. The van der Waals surface area contributed by atoms with E-state index in [2.05, 4.69) is 5.32 Å². The molecule has 1 amide bonds. The molecule has 0 radical (unpaired) electrons. The zero-order valence-corrected chi connectivity index (χ0v) is 15.7. The summed E-state index contributed by atoms with van der Waals surface area (Å²) in [6.07, 6.45) is 6.19. The third kappa shape index (κ3) is 2.99. The summed E-state index contributed by atoms with van der Waals surface area (Å²) < 4.78 is 10.9. The fraction of sp³-hybridized carbons (Fsp3) is 0.650. The van der Waals surface area contributed by atoms with Crippen LogP contribution >= 0.6 is 11.6 Å². The number of rotatable bonds is 5. The molecule has 0 spiro atoms. The Kier molecular flexibility index (Phi) is 4.14. The molecular weight excluding hydrogens is 338 g/mol. The zero-order chi connectivity index (χ0) is 17.7. The average Bonchev–Trinajstić information content (AvgIpc) is 2.54. The van der Waals surface area contributed by atoms with Crippen LogP contribution in [0.15, 0.2) is 18.2 Å². The van der Waals surface area contributed by atoms with Crippen molar-refractivity contribution in [2.24, 2.45) is 17.3 Å². The lowest BCUT2D eigenvalue weighted by Crippen LogP contribution is -2.57. The first-order valence-corrected chi connectivity index (χ1v) is 9.64. The third-order valence-electron chi connectivity index (χ3n) is 6.19. The molecule has 25 heavy (non-hydrogen) atoms. The van der Waals surface area contributed by atoms with Crippen molar-refractivity contribution in [3.8, 4) is 11.5 Å². The molecule has 2 unspecified atom stereocenters. The zero-order valence-electron chi connectivity index (χ0n) is 14.9.